The van der Waals surface area contributed by atoms with Gasteiger partial charge in [0.25, 0.3) is 0 Å². The van der Waals surface area contributed by atoms with E-state index in [1.165, 1.54) is 24.3 Å². The van der Waals surface area contributed by atoms with Crippen molar-refractivity contribution in [2.75, 3.05) is 26.7 Å². The number of aromatic nitrogens is 1. The molecule has 0 amide bonds. The predicted octanol–water partition coefficient (Wildman–Crippen LogP) is 3.81. The molecule has 1 aliphatic carbocycles. The number of rotatable bonds is 6. The van der Waals surface area contributed by atoms with Crippen molar-refractivity contribution in [3.8, 4) is 0 Å². The van der Waals surface area contributed by atoms with Crippen LogP contribution in [-0.2, 0) is 13.0 Å². The molecule has 0 bridgehead atoms. The monoisotopic (exact) mass is 359 g/mol. The quantitative estimate of drug-likeness (QED) is 0.782. The third kappa shape index (κ3) is 3.78. The van der Waals surface area contributed by atoms with Crippen LogP contribution in [0.25, 0.3) is 0 Å². The van der Waals surface area contributed by atoms with Crippen LogP contribution in [-0.4, -0.2) is 47.5 Å². The molecule has 1 aromatic heterocycles. The van der Waals surface area contributed by atoms with Crippen molar-refractivity contribution in [3.05, 3.63) is 52.2 Å². The van der Waals surface area contributed by atoms with Crippen LogP contribution in [0.3, 0.4) is 0 Å². The lowest BCUT2D eigenvalue weighted by molar-refractivity contribution is 0.146. The van der Waals surface area contributed by atoms with Gasteiger partial charge in [0.1, 0.15) is 10.8 Å². The molecule has 1 atom stereocenters. The summed E-state index contributed by atoms with van der Waals surface area (Å²) in [5.41, 5.74) is 1.37. The van der Waals surface area contributed by atoms with E-state index in [4.69, 9.17) is 0 Å². The van der Waals surface area contributed by atoms with Gasteiger partial charge in [0, 0.05) is 24.2 Å². The number of hydrogen-bond acceptors (Lipinski definition) is 4. The first kappa shape index (κ1) is 17.1. The van der Waals surface area contributed by atoms with E-state index < -0.39 is 0 Å². The molecule has 2 aromatic rings. The van der Waals surface area contributed by atoms with E-state index in [2.05, 4.69) is 27.2 Å². The van der Waals surface area contributed by atoms with Gasteiger partial charge in [-0.1, -0.05) is 18.2 Å². The van der Waals surface area contributed by atoms with Crippen LogP contribution in [0.5, 0.6) is 0 Å². The highest BCUT2D eigenvalue weighted by Gasteiger charge is 2.56. The van der Waals surface area contributed by atoms with Gasteiger partial charge in [-0.05, 0) is 62.9 Å². The largest absolute Gasteiger partial charge is 0.303 e. The standard InChI is InChI=1S/C20H26FN3S/c1-23(15-19-22-9-13-25-19)18-14-20(18)7-11-24(12-8-20)10-6-16-4-2-3-5-17(16)21/h2-5,9,13,18H,6-8,10-12,14-15H2,1H3/t18-/m1/s1. The van der Waals surface area contributed by atoms with Gasteiger partial charge in [0.2, 0.25) is 0 Å². The highest BCUT2D eigenvalue weighted by molar-refractivity contribution is 7.09. The number of piperidine rings is 1. The maximum Gasteiger partial charge on any atom is 0.126 e. The first-order valence-electron chi connectivity index (χ1n) is 9.21. The molecule has 5 heteroatoms. The number of benzene rings is 1. The molecule has 0 unspecified atom stereocenters. The van der Waals surface area contributed by atoms with Gasteiger partial charge < -0.3 is 4.90 Å². The maximum absolute atomic E-state index is 13.7. The topological polar surface area (TPSA) is 19.4 Å². The van der Waals surface area contributed by atoms with E-state index >= 15 is 0 Å². The summed E-state index contributed by atoms with van der Waals surface area (Å²) in [5, 5.41) is 3.27. The Hall–Kier alpha value is -1.30. The van der Waals surface area contributed by atoms with E-state index in [0.29, 0.717) is 11.5 Å². The summed E-state index contributed by atoms with van der Waals surface area (Å²) in [7, 11) is 2.24. The normalized spacial score (nSPS) is 22.6. The molecule has 3 nitrogen and oxygen atoms in total. The Kier molecular flexibility index (Phi) is 4.89. The van der Waals surface area contributed by atoms with E-state index in [1.54, 1.807) is 23.5 Å². The Labute approximate surface area is 153 Å². The minimum absolute atomic E-state index is 0.0675. The van der Waals surface area contributed by atoms with Crippen LogP contribution in [0.15, 0.2) is 35.8 Å². The average molecular weight is 360 g/mol. The minimum Gasteiger partial charge on any atom is -0.303 e. The lowest BCUT2D eigenvalue weighted by Crippen LogP contribution is -2.38. The third-order valence-electron chi connectivity index (χ3n) is 6.05. The molecule has 1 spiro atoms. The first-order valence-corrected chi connectivity index (χ1v) is 10.1. The summed E-state index contributed by atoms with van der Waals surface area (Å²) in [5.74, 6) is -0.0675. The molecule has 25 heavy (non-hydrogen) atoms. The maximum atomic E-state index is 13.7. The second-order valence-electron chi connectivity index (χ2n) is 7.61. The molecule has 2 fully saturated rings. The molecule has 1 aliphatic heterocycles. The Morgan fingerprint density at radius 2 is 2.12 bits per heavy atom. The molecule has 134 valence electrons. The molecule has 0 radical (unpaired) electrons. The fourth-order valence-corrected chi connectivity index (χ4v) is 5.02. The number of hydrogen-bond donors (Lipinski definition) is 0. The Bertz CT molecular complexity index is 695. The van der Waals surface area contributed by atoms with Crippen molar-refractivity contribution in [2.45, 2.75) is 38.3 Å². The molecule has 4 rings (SSSR count). The Balaban J connectivity index is 1.24. The Morgan fingerprint density at radius 3 is 2.84 bits per heavy atom. The van der Waals surface area contributed by atoms with Gasteiger partial charge in [0.15, 0.2) is 0 Å². The number of thiazole rings is 1. The van der Waals surface area contributed by atoms with Gasteiger partial charge in [-0.2, -0.15) is 0 Å². The molecule has 1 saturated heterocycles. The van der Waals surface area contributed by atoms with Crippen molar-refractivity contribution in [1.82, 2.24) is 14.8 Å². The summed E-state index contributed by atoms with van der Waals surface area (Å²) < 4.78 is 13.7. The zero-order valence-corrected chi connectivity index (χ0v) is 15.6. The summed E-state index contributed by atoms with van der Waals surface area (Å²) in [4.78, 5) is 9.41. The fourth-order valence-electron chi connectivity index (χ4n) is 4.34. The van der Waals surface area contributed by atoms with Crippen LogP contribution in [0, 0.1) is 11.2 Å². The van der Waals surface area contributed by atoms with Crippen molar-refractivity contribution in [1.29, 1.82) is 0 Å². The molecular weight excluding hydrogens is 333 g/mol. The zero-order chi connectivity index (χ0) is 17.3. The second kappa shape index (κ2) is 7.14. The summed E-state index contributed by atoms with van der Waals surface area (Å²) >= 11 is 1.75. The van der Waals surface area contributed by atoms with Crippen molar-refractivity contribution in [2.24, 2.45) is 5.41 Å². The zero-order valence-electron chi connectivity index (χ0n) is 14.8. The molecule has 2 aliphatic rings. The molecule has 2 heterocycles. The lowest BCUT2D eigenvalue weighted by atomic mass is 9.92. The van der Waals surface area contributed by atoms with Crippen molar-refractivity contribution in [3.63, 3.8) is 0 Å². The van der Waals surface area contributed by atoms with Crippen LogP contribution in [0.4, 0.5) is 4.39 Å². The van der Waals surface area contributed by atoms with Crippen LogP contribution < -0.4 is 0 Å². The van der Waals surface area contributed by atoms with Crippen LogP contribution >= 0.6 is 11.3 Å². The minimum atomic E-state index is -0.0675. The molecule has 1 saturated carbocycles. The fraction of sp³-hybridized carbons (Fsp3) is 0.550. The lowest BCUT2D eigenvalue weighted by Gasteiger charge is -2.34. The van der Waals surface area contributed by atoms with Gasteiger partial charge in [-0.15, -0.1) is 11.3 Å². The Morgan fingerprint density at radius 1 is 1.32 bits per heavy atom. The summed E-state index contributed by atoms with van der Waals surface area (Å²) in [6.45, 7) is 4.24. The van der Waals surface area contributed by atoms with E-state index in [1.807, 2.05) is 18.3 Å². The van der Waals surface area contributed by atoms with E-state index in [9.17, 15) is 4.39 Å². The number of likely N-dealkylation sites (tertiary alicyclic amines) is 1. The van der Waals surface area contributed by atoms with Gasteiger partial charge in [0.05, 0.1) is 6.54 Å². The summed E-state index contributed by atoms with van der Waals surface area (Å²) in [6, 6.07) is 7.87. The average Bonchev–Trinajstić information content (AvgIpc) is 3.07. The van der Waals surface area contributed by atoms with Crippen molar-refractivity contribution < 1.29 is 4.39 Å². The number of halogens is 1. The molecule has 1 aromatic carbocycles. The van der Waals surface area contributed by atoms with Gasteiger partial charge >= 0.3 is 0 Å². The summed E-state index contributed by atoms with van der Waals surface area (Å²) in [6.07, 6.45) is 6.59. The smallest absolute Gasteiger partial charge is 0.126 e. The third-order valence-corrected chi connectivity index (χ3v) is 6.82. The highest BCUT2D eigenvalue weighted by atomic mass is 32.1. The van der Waals surface area contributed by atoms with Gasteiger partial charge in [-0.25, -0.2) is 9.37 Å². The van der Waals surface area contributed by atoms with E-state index in [0.717, 1.165) is 38.2 Å². The van der Waals surface area contributed by atoms with Crippen molar-refractivity contribution >= 4 is 11.3 Å². The molecular formula is C20H26FN3S. The number of nitrogens with zero attached hydrogens (tertiary/aromatic N) is 3. The highest BCUT2D eigenvalue weighted by Crippen LogP contribution is 2.56. The van der Waals surface area contributed by atoms with Crippen LogP contribution in [0.1, 0.15) is 29.8 Å². The van der Waals surface area contributed by atoms with Crippen LogP contribution in [0.2, 0.25) is 0 Å². The van der Waals surface area contributed by atoms with E-state index in [-0.39, 0.29) is 5.82 Å². The predicted molar refractivity (Wildman–Crippen MR) is 100 cm³/mol. The molecule has 0 N–H and O–H groups in total. The second-order valence-corrected chi connectivity index (χ2v) is 8.59. The van der Waals surface area contributed by atoms with Gasteiger partial charge in [-0.3, -0.25) is 4.90 Å². The first-order chi connectivity index (χ1) is 12.2. The SMILES string of the molecule is CN(Cc1nccs1)[C@@H]1CC12CCN(CCc1ccccc1F)CC2.